The maximum Gasteiger partial charge on any atom is 0.252 e. The second-order valence-corrected chi connectivity index (χ2v) is 7.18. The Hall–Kier alpha value is -3.26. The fraction of sp³-hybridized carbons (Fsp3) is 0.333. The zero-order chi connectivity index (χ0) is 21.0. The topological polar surface area (TPSA) is 108 Å². The minimum atomic E-state index is -0.713. The van der Waals surface area contributed by atoms with Gasteiger partial charge in [0.2, 0.25) is 5.91 Å². The average molecular weight is 398 g/mol. The molecular weight excluding hydrogens is 372 g/mol. The first kappa shape index (κ1) is 20.5. The van der Waals surface area contributed by atoms with E-state index in [9.17, 15) is 14.7 Å². The van der Waals surface area contributed by atoms with Crippen molar-refractivity contribution in [1.29, 1.82) is 0 Å². The second kappa shape index (κ2) is 8.83. The number of anilines is 2. The Balaban J connectivity index is 1.96. The molecule has 3 rings (SSSR count). The molecule has 4 N–H and O–H groups in total. The number of carbonyl (C=O) groups excluding carboxylic acids is 2. The number of nitrogens with one attached hydrogen (secondary N) is 1. The fourth-order valence-electron chi connectivity index (χ4n) is 3.28. The molecule has 154 valence electrons. The minimum Gasteiger partial charge on any atom is -0.507 e. The van der Waals surface area contributed by atoms with Crippen molar-refractivity contribution < 1.29 is 19.4 Å². The van der Waals surface area contributed by atoms with Crippen LogP contribution in [0.5, 0.6) is 11.5 Å². The van der Waals surface area contributed by atoms with Crippen LogP contribution in [-0.2, 0) is 4.79 Å². The summed E-state index contributed by atoms with van der Waals surface area (Å²) in [5.74, 6) is -0.347. The smallest absolute Gasteiger partial charge is 0.252 e. The first-order valence-corrected chi connectivity index (χ1v) is 9.44. The molecule has 29 heavy (non-hydrogen) atoms. The van der Waals surface area contributed by atoms with Gasteiger partial charge in [0, 0.05) is 36.6 Å². The first-order chi connectivity index (χ1) is 13.9. The van der Waals surface area contributed by atoms with Gasteiger partial charge in [-0.15, -0.1) is 0 Å². The highest BCUT2D eigenvalue weighted by Crippen LogP contribution is 2.35. The lowest BCUT2D eigenvalue weighted by Gasteiger charge is -2.30. The van der Waals surface area contributed by atoms with Crippen LogP contribution in [0.25, 0.3) is 0 Å². The van der Waals surface area contributed by atoms with Crippen LogP contribution in [0.4, 0.5) is 11.4 Å². The summed E-state index contributed by atoms with van der Waals surface area (Å²) in [6, 6.07) is 11.6. The van der Waals surface area contributed by atoms with Crippen LogP contribution in [0.1, 0.15) is 16.8 Å². The number of carbonyl (C=O) groups is 2. The third-order valence-electron chi connectivity index (χ3n) is 4.76. The Labute approximate surface area is 169 Å². The van der Waals surface area contributed by atoms with Crippen molar-refractivity contribution in [3.05, 3.63) is 48.0 Å². The molecule has 2 aromatic carbocycles. The van der Waals surface area contributed by atoms with Crippen LogP contribution in [0, 0.1) is 0 Å². The van der Waals surface area contributed by atoms with Crippen molar-refractivity contribution in [3.8, 4) is 11.5 Å². The summed E-state index contributed by atoms with van der Waals surface area (Å²) >= 11 is 0. The molecular formula is C21H26N4O4. The summed E-state index contributed by atoms with van der Waals surface area (Å²) in [5.41, 5.74) is 6.65. The normalized spacial score (nSPS) is 16.0. The lowest BCUT2D eigenvalue weighted by Crippen LogP contribution is -2.37. The molecule has 1 saturated heterocycles. The number of hydrogen-bond acceptors (Lipinski definition) is 6. The van der Waals surface area contributed by atoms with Crippen molar-refractivity contribution >= 4 is 23.2 Å². The largest absolute Gasteiger partial charge is 0.507 e. The molecule has 1 unspecified atom stereocenters. The van der Waals surface area contributed by atoms with Gasteiger partial charge in [-0.2, -0.15) is 0 Å². The molecule has 2 amide bonds. The van der Waals surface area contributed by atoms with E-state index in [4.69, 9.17) is 10.5 Å². The Kier molecular flexibility index (Phi) is 6.23. The number of hydrogen-bond donors (Lipinski definition) is 3. The number of primary amides is 1. The number of phenols is 1. The standard InChI is InChI=1S/C21H26N4O4/c1-24(2)10-11-29-16-5-3-4-14(12-16)25(18-8-9-23-21(18)28)15-6-7-17(20(22)27)19(26)13-15/h3-7,12-13,18,26H,8-11H2,1-2H3,(H2,22,27)(H,23,28). The van der Waals surface area contributed by atoms with Crippen LogP contribution in [0.3, 0.4) is 0 Å². The lowest BCUT2D eigenvalue weighted by atomic mass is 10.1. The summed E-state index contributed by atoms with van der Waals surface area (Å²) < 4.78 is 5.83. The average Bonchev–Trinajstić information content (AvgIpc) is 3.07. The SMILES string of the molecule is CN(C)CCOc1cccc(N(c2ccc(C(N)=O)c(O)c2)C2CCNC2=O)c1. The Bertz CT molecular complexity index is 900. The quantitative estimate of drug-likeness (QED) is 0.621. The predicted molar refractivity (Wildman–Crippen MR) is 111 cm³/mol. The van der Waals surface area contributed by atoms with E-state index in [1.54, 1.807) is 6.07 Å². The number of nitrogens with zero attached hydrogens (tertiary/aromatic N) is 2. The third-order valence-corrected chi connectivity index (χ3v) is 4.76. The molecule has 2 aromatic rings. The van der Waals surface area contributed by atoms with Gasteiger partial charge in [-0.3, -0.25) is 9.59 Å². The number of aromatic hydroxyl groups is 1. The van der Waals surface area contributed by atoms with Crippen molar-refractivity contribution in [3.63, 3.8) is 0 Å². The molecule has 1 aliphatic heterocycles. The highest BCUT2D eigenvalue weighted by atomic mass is 16.5. The molecule has 0 bridgehead atoms. The van der Waals surface area contributed by atoms with Crippen molar-refractivity contribution in [2.24, 2.45) is 5.73 Å². The number of amides is 2. The van der Waals surface area contributed by atoms with Gasteiger partial charge in [0.05, 0.1) is 5.56 Å². The minimum absolute atomic E-state index is 0.0327. The van der Waals surface area contributed by atoms with E-state index in [-0.39, 0.29) is 17.2 Å². The summed E-state index contributed by atoms with van der Waals surface area (Å²) in [5, 5.41) is 13.1. The van der Waals surface area contributed by atoms with Gasteiger partial charge >= 0.3 is 0 Å². The summed E-state index contributed by atoms with van der Waals surface area (Å²) in [7, 11) is 3.95. The van der Waals surface area contributed by atoms with E-state index in [0.29, 0.717) is 31.0 Å². The highest BCUT2D eigenvalue weighted by molar-refractivity contribution is 5.96. The van der Waals surface area contributed by atoms with E-state index in [1.165, 1.54) is 12.1 Å². The van der Waals surface area contributed by atoms with E-state index in [2.05, 4.69) is 5.32 Å². The molecule has 0 radical (unpaired) electrons. The van der Waals surface area contributed by atoms with Crippen molar-refractivity contribution in [2.45, 2.75) is 12.5 Å². The zero-order valence-corrected chi connectivity index (χ0v) is 16.6. The maximum atomic E-state index is 12.4. The summed E-state index contributed by atoms with van der Waals surface area (Å²) in [6.07, 6.45) is 0.614. The maximum absolute atomic E-state index is 12.4. The van der Waals surface area contributed by atoms with Gasteiger partial charge < -0.3 is 30.7 Å². The van der Waals surface area contributed by atoms with E-state index < -0.39 is 11.9 Å². The number of ether oxygens (including phenoxy) is 1. The Morgan fingerprint density at radius 2 is 2.00 bits per heavy atom. The third kappa shape index (κ3) is 4.78. The molecule has 0 spiro atoms. The van der Waals surface area contributed by atoms with Crippen LogP contribution < -0.4 is 20.7 Å². The van der Waals surface area contributed by atoms with Gasteiger partial charge in [0.1, 0.15) is 24.1 Å². The van der Waals surface area contributed by atoms with Gasteiger partial charge in [0.15, 0.2) is 0 Å². The van der Waals surface area contributed by atoms with Gasteiger partial charge in [-0.05, 0) is 44.8 Å². The van der Waals surface area contributed by atoms with Crippen LogP contribution in [0.15, 0.2) is 42.5 Å². The molecule has 0 saturated carbocycles. The summed E-state index contributed by atoms with van der Waals surface area (Å²) in [6.45, 7) is 1.89. The van der Waals surface area contributed by atoms with Crippen molar-refractivity contribution in [2.75, 3.05) is 38.7 Å². The molecule has 1 atom stereocenters. The molecule has 0 aromatic heterocycles. The number of nitrogens with two attached hydrogens (primary N) is 1. The van der Waals surface area contributed by atoms with Crippen LogP contribution in [-0.4, -0.2) is 61.7 Å². The molecule has 1 aliphatic rings. The van der Waals surface area contributed by atoms with Crippen LogP contribution >= 0.6 is 0 Å². The first-order valence-electron chi connectivity index (χ1n) is 9.44. The molecule has 1 heterocycles. The number of likely N-dealkylation sites (N-methyl/N-ethyl adjacent to an activating group) is 1. The lowest BCUT2D eigenvalue weighted by molar-refractivity contribution is -0.120. The Morgan fingerprint density at radius 1 is 1.24 bits per heavy atom. The van der Waals surface area contributed by atoms with E-state index >= 15 is 0 Å². The van der Waals surface area contributed by atoms with Gasteiger partial charge in [-0.1, -0.05) is 6.07 Å². The van der Waals surface area contributed by atoms with E-state index in [0.717, 1.165) is 12.2 Å². The summed E-state index contributed by atoms with van der Waals surface area (Å²) in [4.78, 5) is 27.7. The molecule has 1 fully saturated rings. The predicted octanol–water partition coefficient (Wildman–Crippen LogP) is 1.46. The van der Waals surface area contributed by atoms with Gasteiger partial charge in [0.25, 0.3) is 5.91 Å². The second-order valence-electron chi connectivity index (χ2n) is 7.18. The molecule has 0 aliphatic carbocycles. The number of benzene rings is 2. The van der Waals surface area contributed by atoms with E-state index in [1.807, 2.05) is 48.2 Å². The molecule has 8 heteroatoms. The van der Waals surface area contributed by atoms with Crippen molar-refractivity contribution in [1.82, 2.24) is 10.2 Å². The number of rotatable bonds is 8. The van der Waals surface area contributed by atoms with Gasteiger partial charge in [-0.25, -0.2) is 0 Å². The highest BCUT2D eigenvalue weighted by Gasteiger charge is 2.32. The Morgan fingerprint density at radius 3 is 2.62 bits per heavy atom. The monoisotopic (exact) mass is 398 g/mol. The molecule has 8 nitrogen and oxygen atoms in total. The van der Waals surface area contributed by atoms with Crippen LogP contribution in [0.2, 0.25) is 0 Å². The fourth-order valence-corrected chi connectivity index (χ4v) is 3.28. The zero-order valence-electron chi connectivity index (χ0n) is 16.6.